The van der Waals surface area contributed by atoms with Crippen molar-refractivity contribution in [1.29, 1.82) is 0 Å². The average molecular weight is 458 g/mol. The number of carbonyl (C=O) groups excluding carboxylic acids is 2. The Balaban J connectivity index is 1.57. The van der Waals surface area contributed by atoms with Gasteiger partial charge < -0.3 is 14.7 Å². The minimum Gasteiger partial charge on any atom is -0.507 e. The van der Waals surface area contributed by atoms with Crippen molar-refractivity contribution in [3.05, 3.63) is 106 Å². The number of likely N-dealkylation sites (tertiary alicyclic amines) is 1. The molecule has 172 valence electrons. The Labute approximate surface area is 197 Å². The topological polar surface area (TPSA) is 66.8 Å². The van der Waals surface area contributed by atoms with Gasteiger partial charge in [0.15, 0.2) is 0 Å². The van der Waals surface area contributed by atoms with Crippen molar-refractivity contribution < 1.29 is 23.8 Å². The average Bonchev–Trinajstić information content (AvgIpc) is 3.34. The fourth-order valence-electron chi connectivity index (χ4n) is 4.72. The molecule has 0 saturated carbocycles. The van der Waals surface area contributed by atoms with Gasteiger partial charge in [-0.3, -0.25) is 9.59 Å². The summed E-state index contributed by atoms with van der Waals surface area (Å²) in [5.74, 6) is -1.33. The molecule has 0 aliphatic carbocycles. The molecule has 6 heteroatoms. The number of ketones is 1. The molecule has 2 atom stereocenters. The van der Waals surface area contributed by atoms with Crippen LogP contribution >= 0.6 is 0 Å². The normalized spacial score (nSPS) is 20.9. The number of rotatable bonds is 5. The maximum absolute atomic E-state index is 13.7. The molecule has 0 unspecified atom stereocenters. The quantitative estimate of drug-likeness (QED) is 0.339. The molecule has 0 bridgehead atoms. The lowest BCUT2D eigenvalue weighted by Gasteiger charge is -2.25. The van der Waals surface area contributed by atoms with E-state index in [0.717, 1.165) is 16.9 Å². The Morgan fingerprint density at radius 1 is 1.06 bits per heavy atom. The van der Waals surface area contributed by atoms with Crippen molar-refractivity contribution in [2.45, 2.75) is 31.9 Å². The minimum absolute atomic E-state index is 0.0107. The summed E-state index contributed by atoms with van der Waals surface area (Å²) in [5, 5.41) is 11.3. The first-order chi connectivity index (χ1) is 16.4. The van der Waals surface area contributed by atoms with E-state index in [4.69, 9.17) is 4.74 Å². The van der Waals surface area contributed by atoms with Crippen molar-refractivity contribution in [1.82, 2.24) is 4.90 Å². The van der Waals surface area contributed by atoms with Crippen molar-refractivity contribution in [3.63, 3.8) is 0 Å². The van der Waals surface area contributed by atoms with Crippen LogP contribution in [-0.4, -0.2) is 34.3 Å². The first-order valence-electron chi connectivity index (χ1n) is 11.3. The lowest BCUT2D eigenvalue weighted by atomic mass is 9.94. The zero-order valence-electron chi connectivity index (χ0n) is 18.7. The number of halogens is 1. The predicted octanol–water partition coefficient (Wildman–Crippen LogP) is 4.81. The van der Waals surface area contributed by atoms with Gasteiger partial charge in [-0.05, 0) is 60.4 Å². The van der Waals surface area contributed by atoms with Crippen LogP contribution in [0.5, 0.6) is 5.75 Å². The van der Waals surface area contributed by atoms with E-state index in [1.54, 1.807) is 30.3 Å². The van der Waals surface area contributed by atoms with E-state index in [2.05, 4.69) is 0 Å². The molecule has 5 nitrogen and oxygen atoms in total. The number of Topliss-reactive ketones (excluding diaryl/α,β-unsaturated/α-hetero) is 1. The highest BCUT2D eigenvalue weighted by molar-refractivity contribution is 6.46. The van der Waals surface area contributed by atoms with Gasteiger partial charge in [-0.1, -0.05) is 42.5 Å². The first kappa shape index (κ1) is 21.9. The molecule has 1 saturated heterocycles. The summed E-state index contributed by atoms with van der Waals surface area (Å²) in [6.07, 6.45) is 1.28. The van der Waals surface area contributed by atoms with E-state index < -0.39 is 23.5 Å². The number of aliphatic hydroxyl groups excluding tert-OH is 1. The summed E-state index contributed by atoms with van der Waals surface area (Å²) in [5.41, 5.74) is 2.98. The molecule has 1 N–H and O–H groups in total. The Bertz CT molecular complexity index is 1280. The van der Waals surface area contributed by atoms with Gasteiger partial charge in [0, 0.05) is 18.5 Å². The summed E-state index contributed by atoms with van der Waals surface area (Å²) < 4.78 is 19.4. The highest BCUT2D eigenvalue weighted by atomic mass is 19.1. The zero-order chi connectivity index (χ0) is 23.8. The third-order valence-corrected chi connectivity index (χ3v) is 6.38. The molecule has 34 heavy (non-hydrogen) atoms. The van der Waals surface area contributed by atoms with E-state index in [9.17, 15) is 19.1 Å². The molecule has 0 spiro atoms. The van der Waals surface area contributed by atoms with Crippen LogP contribution < -0.4 is 4.74 Å². The number of amides is 1. The van der Waals surface area contributed by atoms with Gasteiger partial charge in [0.1, 0.15) is 23.4 Å². The van der Waals surface area contributed by atoms with E-state index in [1.807, 2.05) is 37.3 Å². The number of ether oxygens (including phenoxy) is 1. The second-order valence-corrected chi connectivity index (χ2v) is 8.73. The molecule has 2 aliphatic rings. The largest absolute Gasteiger partial charge is 0.507 e. The van der Waals surface area contributed by atoms with E-state index >= 15 is 0 Å². The Morgan fingerprint density at radius 2 is 1.79 bits per heavy atom. The second kappa shape index (κ2) is 8.78. The number of fused-ring (bicyclic) bond motifs is 1. The van der Waals surface area contributed by atoms with Crippen LogP contribution in [0.25, 0.3) is 5.76 Å². The maximum atomic E-state index is 13.7. The summed E-state index contributed by atoms with van der Waals surface area (Å²) in [6, 6.07) is 19.8. The van der Waals surface area contributed by atoms with Crippen LogP contribution in [0.3, 0.4) is 0 Å². The number of hydrogen-bond donors (Lipinski definition) is 1. The van der Waals surface area contributed by atoms with Crippen LogP contribution in [0, 0.1) is 5.82 Å². The van der Waals surface area contributed by atoms with Gasteiger partial charge in [-0.2, -0.15) is 0 Å². The van der Waals surface area contributed by atoms with Crippen LogP contribution in [0.2, 0.25) is 0 Å². The van der Waals surface area contributed by atoms with Gasteiger partial charge in [-0.25, -0.2) is 4.39 Å². The fourth-order valence-corrected chi connectivity index (χ4v) is 4.72. The predicted molar refractivity (Wildman–Crippen MR) is 126 cm³/mol. The Morgan fingerprint density at radius 3 is 2.53 bits per heavy atom. The molecule has 1 fully saturated rings. The molecule has 0 radical (unpaired) electrons. The van der Waals surface area contributed by atoms with E-state index in [0.29, 0.717) is 24.0 Å². The van der Waals surface area contributed by atoms with Crippen molar-refractivity contribution in [2.24, 2.45) is 0 Å². The summed E-state index contributed by atoms with van der Waals surface area (Å²) in [4.78, 5) is 27.7. The van der Waals surface area contributed by atoms with Crippen LogP contribution in [0.1, 0.15) is 35.2 Å². The summed E-state index contributed by atoms with van der Waals surface area (Å²) in [7, 11) is 0. The number of benzene rings is 3. The van der Waals surface area contributed by atoms with E-state index in [-0.39, 0.29) is 24.0 Å². The summed E-state index contributed by atoms with van der Waals surface area (Å²) >= 11 is 0. The van der Waals surface area contributed by atoms with Gasteiger partial charge in [0.2, 0.25) is 0 Å². The van der Waals surface area contributed by atoms with Gasteiger partial charge in [0.05, 0.1) is 11.6 Å². The molecule has 3 aromatic carbocycles. The minimum atomic E-state index is -0.812. The smallest absolute Gasteiger partial charge is 0.295 e. The molecule has 5 rings (SSSR count). The Hall–Kier alpha value is -3.93. The fraction of sp³-hybridized carbons (Fsp3) is 0.214. The van der Waals surface area contributed by atoms with Crippen molar-refractivity contribution >= 4 is 17.4 Å². The standard InChI is InChI=1S/C28H24FNO4/c1-17-15-21-16-20(9-12-23(21)34-17)26(31)24-25(19-7-10-22(29)11-8-19)30(28(33)27(24)32)14-13-18-5-3-2-4-6-18/h2-12,16-17,25,31H,13-15H2,1H3/t17-,25+/m0/s1. The van der Waals surface area contributed by atoms with E-state index in [1.165, 1.54) is 17.0 Å². The van der Waals surface area contributed by atoms with Gasteiger partial charge in [0.25, 0.3) is 11.7 Å². The van der Waals surface area contributed by atoms with Crippen molar-refractivity contribution in [2.75, 3.05) is 6.54 Å². The highest BCUT2D eigenvalue weighted by Gasteiger charge is 2.45. The zero-order valence-corrected chi connectivity index (χ0v) is 18.7. The van der Waals surface area contributed by atoms with Gasteiger partial charge in [-0.15, -0.1) is 0 Å². The lowest BCUT2D eigenvalue weighted by Crippen LogP contribution is -2.31. The molecule has 2 aliphatic heterocycles. The number of aliphatic hydroxyl groups is 1. The number of hydrogen-bond acceptors (Lipinski definition) is 4. The van der Waals surface area contributed by atoms with Crippen LogP contribution in [0.15, 0.2) is 78.4 Å². The second-order valence-electron chi connectivity index (χ2n) is 8.73. The molecule has 0 aromatic heterocycles. The molecular formula is C28H24FNO4. The molecule has 2 heterocycles. The van der Waals surface area contributed by atoms with Crippen LogP contribution in [0.4, 0.5) is 4.39 Å². The molecular weight excluding hydrogens is 433 g/mol. The lowest BCUT2D eigenvalue weighted by molar-refractivity contribution is -0.139. The third-order valence-electron chi connectivity index (χ3n) is 6.38. The Kier molecular flexibility index (Phi) is 5.65. The first-order valence-corrected chi connectivity index (χ1v) is 11.3. The van der Waals surface area contributed by atoms with Crippen molar-refractivity contribution in [3.8, 4) is 5.75 Å². The molecule has 3 aromatic rings. The van der Waals surface area contributed by atoms with Crippen LogP contribution in [-0.2, 0) is 22.4 Å². The maximum Gasteiger partial charge on any atom is 0.295 e. The van der Waals surface area contributed by atoms with Gasteiger partial charge >= 0.3 is 0 Å². The third kappa shape index (κ3) is 3.96. The summed E-state index contributed by atoms with van der Waals surface area (Å²) in [6.45, 7) is 2.25. The number of nitrogens with zero attached hydrogens (tertiary/aromatic N) is 1. The molecule has 1 amide bonds. The number of carbonyl (C=O) groups is 2. The SMILES string of the molecule is C[C@H]1Cc2cc(C(O)=C3C(=O)C(=O)N(CCc4ccccc4)[C@@H]3c3ccc(F)cc3)ccc2O1. The monoisotopic (exact) mass is 457 g/mol. The highest BCUT2D eigenvalue weighted by Crippen LogP contribution is 2.40.